The lowest BCUT2D eigenvalue weighted by Gasteiger charge is -2.05. The average Bonchev–Trinajstić information content (AvgIpc) is 3.42. The van der Waals surface area contributed by atoms with Gasteiger partial charge in [0.2, 0.25) is 5.82 Å². The van der Waals surface area contributed by atoms with Crippen LogP contribution in [0.2, 0.25) is 15.1 Å². The molecule has 0 saturated heterocycles. The van der Waals surface area contributed by atoms with Gasteiger partial charge < -0.3 is 4.74 Å². The van der Waals surface area contributed by atoms with E-state index in [2.05, 4.69) is 35.7 Å². The second kappa shape index (κ2) is 9.55. The third-order valence-electron chi connectivity index (χ3n) is 4.09. The van der Waals surface area contributed by atoms with Crippen LogP contribution in [0.3, 0.4) is 0 Å². The minimum atomic E-state index is -0.450. The van der Waals surface area contributed by atoms with Crippen LogP contribution in [0, 0.1) is 0 Å². The van der Waals surface area contributed by atoms with Crippen molar-refractivity contribution in [3.8, 4) is 22.9 Å². The van der Waals surface area contributed by atoms with Crippen LogP contribution < -0.4 is 0 Å². The van der Waals surface area contributed by atoms with E-state index in [4.69, 9.17) is 39.5 Å². The number of nitrogens with zero attached hydrogens (tertiary/aromatic N) is 9. The second-order valence-electron chi connectivity index (χ2n) is 6.42. The summed E-state index contributed by atoms with van der Waals surface area (Å²) in [5, 5.41) is 21.1. The molecule has 0 aliphatic carbocycles. The number of ether oxygens (including phenoxy) is 1. The average molecular weight is 495 g/mol. The summed E-state index contributed by atoms with van der Waals surface area (Å²) in [6, 6.07) is 3.43. The number of benzene rings is 1. The van der Waals surface area contributed by atoms with E-state index < -0.39 is 5.97 Å². The van der Waals surface area contributed by atoms with Crippen molar-refractivity contribution in [3.63, 3.8) is 0 Å². The van der Waals surface area contributed by atoms with Gasteiger partial charge in [0.15, 0.2) is 12.4 Å². The Kier molecular flexibility index (Phi) is 6.58. The normalized spacial score (nSPS) is 11.0. The zero-order valence-corrected chi connectivity index (χ0v) is 18.8. The lowest BCUT2D eigenvalue weighted by molar-refractivity contribution is -0.144. The van der Waals surface area contributed by atoms with Gasteiger partial charge in [-0.3, -0.25) is 0 Å². The van der Waals surface area contributed by atoms with Gasteiger partial charge in [0, 0.05) is 12.4 Å². The van der Waals surface area contributed by atoms with Crippen LogP contribution in [-0.4, -0.2) is 57.7 Å². The number of tetrazole rings is 1. The van der Waals surface area contributed by atoms with Crippen molar-refractivity contribution in [2.75, 3.05) is 6.61 Å². The minimum Gasteiger partial charge on any atom is -0.465 e. The number of carbonyl (C=O) groups is 1. The Morgan fingerprint density at radius 1 is 1.03 bits per heavy atom. The van der Waals surface area contributed by atoms with Crippen LogP contribution >= 0.6 is 34.8 Å². The smallest absolute Gasteiger partial charge is 0.329 e. The van der Waals surface area contributed by atoms with E-state index >= 15 is 0 Å². The van der Waals surface area contributed by atoms with E-state index in [1.807, 2.05) is 0 Å². The fourth-order valence-electron chi connectivity index (χ4n) is 2.69. The van der Waals surface area contributed by atoms with Crippen molar-refractivity contribution in [1.29, 1.82) is 0 Å². The van der Waals surface area contributed by atoms with Crippen LogP contribution in [-0.2, 0) is 22.6 Å². The van der Waals surface area contributed by atoms with Gasteiger partial charge >= 0.3 is 5.97 Å². The highest BCUT2D eigenvalue weighted by Crippen LogP contribution is 2.31. The summed E-state index contributed by atoms with van der Waals surface area (Å²) in [5.41, 5.74) is 1.82. The molecule has 11 nitrogen and oxygen atoms in total. The Morgan fingerprint density at radius 2 is 1.75 bits per heavy atom. The molecule has 0 bridgehead atoms. The van der Waals surface area contributed by atoms with Gasteiger partial charge in [-0.1, -0.05) is 40.0 Å². The fourth-order valence-corrected chi connectivity index (χ4v) is 3.33. The minimum absolute atomic E-state index is 0.132. The van der Waals surface area contributed by atoms with Crippen LogP contribution in [0.5, 0.6) is 0 Å². The summed E-state index contributed by atoms with van der Waals surface area (Å²) in [6.07, 6.45) is 4.76. The number of carbonyl (C=O) groups excluding carboxylic acids is 1. The standard InChI is InChI=1S/C18H14Cl3N9O2/c1-2-32-15(31)9-30-26-17(25-28-30)11-5-22-18(23-6-11)14-8-29(27-24-14)7-10-3-12(19)16(21)13(20)4-10/h3-6,8H,2,7,9H2,1H3. The molecule has 4 rings (SSSR count). The van der Waals surface area contributed by atoms with Crippen LogP contribution in [0.15, 0.2) is 30.7 Å². The number of halogens is 3. The van der Waals surface area contributed by atoms with Crippen molar-refractivity contribution in [2.45, 2.75) is 20.0 Å². The lowest BCUT2D eigenvalue weighted by atomic mass is 10.2. The van der Waals surface area contributed by atoms with E-state index in [9.17, 15) is 4.79 Å². The van der Waals surface area contributed by atoms with Crippen molar-refractivity contribution in [3.05, 3.63) is 51.4 Å². The first-order valence-corrected chi connectivity index (χ1v) is 10.4. The molecule has 0 unspecified atom stereocenters. The number of aromatic nitrogens is 9. The van der Waals surface area contributed by atoms with Gasteiger partial charge in [0.1, 0.15) is 5.69 Å². The molecule has 4 aromatic rings. The maximum absolute atomic E-state index is 11.5. The van der Waals surface area contributed by atoms with Gasteiger partial charge in [-0.05, 0) is 29.8 Å². The predicted octanol–water partition coefficient (Wildman–Crippen LogP) is 2.96. The van der Waals surface area contributed by atoms with Gasteiger partial charge in [-0.15, -0.1) is 15.3 Å². The van der Waals surface area contributed by atoms with Crippen molar-refractivity contribution < 1.29 is 9.53 Å². The van der Waals surface area contributed by atoms with E-state index in [1.54, 1.807) is 29.9 Å². The molecule has 0 fully saturated rings. The molecule has 0 amide bonds. The molecule has 0 N–H and O–H groups in total. The largest absolute Gasteiger partial charge is 0.465 e. The van der Waals surface area contributed by atoms with Gasteiger partial charge in [-0.25, -0.2) is 19.4 Å². The Bertz CT molecular complexity index is 1230. The highest BCUT2D eigenvalue weighted by Gasteiger charge is 2.13. The molecule has 0 aliphatic rings. The number of hydrogen-bond donors (Lipinski definition) is 0. The summed E-state index contributed by atoms with van der Waals surface area (Å²) in [5.74, 6) is 0.196. The summed E-state index contributed by atoms with van der Waals surface area (Å²) >= 11 is 18.1. The van der Waals surface area contributed by atoms with Crippen LogP contribution in [0.4, 0.5) is 0 Å². The highest BCUT2D eigenvalue weighted by atomic mass is 35.5. The molecule has 0 atom stereocenters. The van der Waals surface area contributed by atoms with Crippen LogP contribution in [0.25, 0.3) is 22.9 Å². The third kappa shape index (κ3) is 5.01. The van der Waals surface area contributed by atoms with Crippen molar-refractivity contribution in [1.82, 2.24) is 45.2 Å². The van der Waals surface area contributed by atoms with Crippen LogP contribution in [0.1, 0.15) is 12.5 Å². The van der Waals surface area contributed by atoms with E-state index in [0.717, 1.165) is 10.4 Å². The maximum atomic E-state index is 11.5. The molecule has 0 aliphatic heterocycles. The van der Waals surface area contributed by atoms with E-state index in [1.165, 1.54) is 12.4 Å². The zero-order valence-electron chi connectivity index (χ0n) is 16.5. The fraction of sp³-hybridized carbons (Fsp3) is 0.222. The Hall–Kier alpha value is -3.15. The predicted molar refractivity (Wildman–Crippen MR) is 115 cm³/mol. The van der Waals surface area contributed by atoms with Crippen molar-refractivity contribution in [2.24, 2.45) is 0 Å². The highest BCUT2D eigenvalue weighted by molar-refractivity contribution is 6.48. The number of rotatable bonds is 7. The number of hydrogen-bond acceptors (Lipinski definition) is 9. The van der Waals surface area contributed by atoms with Gasteiger partial charge in [-0.2, -0.15) is 4.80 Å². The third-order valence-corrected chi connectivity index (χ3v) is 5.29. The molecule has 164 valence electrons. The molecule has 1 aromatic carbocycles. The summed E-state index contributed by atoms with van der Waals surface area (Å²) in [4.78, 5) is 21.2. The Morgan fingerprint density at radius 3 is 2.44 bits per heavy atom. The molecular formula is C18H14Cl3N9O2. The number of esters is 1. The molecule has 0 radical (unpaired) electrons. The maximum Gasteiger partial charge on any atom is 0.329 e. The Balaban J connectivity index is 1.45. The summed E-state index contributed by atoms with van der Waals surface area (Å²) in [6.45, 7) is 2.25. The lowest BCUT2D eigenvalue weighted by Crippen LogP contribution is -2.15. The van der Waals surface area contributed by atoms with Gasteiger partial charge in [0.25, 0.3) is 0 Å². The quantitative estimate of drug-likeness (QED) is 0.281. The molecule has 3 heterocycles. The molecular weight excluding hydrogens is 481 g/mol. The topological polar surface area (TPSA) is 126 Å². The summed E-state index contributed by atoms with van der Waals surface area (Å²) in [7, 11) is 0. The van der Waals surface area contributed by atoms with Crippen molar-refractivity contribution >= 4 is 40.8 Å². The monoisotopic (exact) mass is 493 g/mol. The van der Waals surface area contributed by atoms with E-state index in [0.29, 0.717) is 38.7 Å². The zero-order chi connectivity index (χ0) is 22.7. The van der Waals surface area contributed by atoms with Gasteiger partial charge in [0.05, 0.1) is 40.0 Å². The molecule has 0 spiro atoms. The molecule has 3 aromatic heterocycles. The first-order chi connectivity index (χ1) is 15.4. The Labute approximate surface area is 196 Å². The SMILES string of the molecule is CCOC(=O)Cn1nnc(-c2cnc(-c3cn(Cc4cc(Cl)c(Cl)c(Cl)c4)nn3)nc2)n1. The first-order valence-electron chi connectivity index (χ1n) is 9.22. The van der Waals surface area contributed by atoms with E-state index in [-0.39, 0.29) is 19.0 Å². The molecule has 32 heavy (non-hydrogen) atoms. The first kappa shape index (κ1) is 22.1. The molecule has 0 saturated carbocycles. The summed E-state index contributed by atoms with van der Waals surface area (Å²) < 4.78 is 6.46. The second-order valence-corrected chi connectivity index (χ2v) is 7.61. The molecule has 14 heteroatoms.